The molecule has 1 heterocycles. The van der Waals surface area contributed by atoms with Crippen molar-refractivity contribution < 1.29 is 9.90 Å². The normalized spacial score (nSPS) is 28.2. The Kier molecular flexibility index (Phi) is 2.69. The lowest BCUT2D eigenvalue weighted by atomic mass is 10.2. The van der Waals surface area contributed by atoms with Gasteiger partial charge in [0.15, 0.2) is 0 Å². The molecule has 0 aliphatic carbocycles. The van der Waals surface area contributed by atoms with Crippen molar-refractivity contribution in [3.8, 4) is 0 Å². The van der Waals surface area contributed by atoms with Gasteiger partial charge in [0.2, 0.25) is 5.91 Å². The van der Waals surface area contributed by atoms with E-state index in [0.29, 0.717) is 13.0 Å². The second-order valence-electron chi connectivity index (χ2n) is 3.45. The zero-order valence-electron chi connectivity index (χ0n) is 7.82. The smallest absolute Gasteiger partial charge is 0.238 e. The van der Waals surface area contributed by atoms with E-state index < -0.39 is 6.10 Å². The van der Waals surface area contributed by atoms with E-state index >= 15 is 0 Å². The van der Waals surface area contributed by atoms with Gasteiger partial charge in [-0.25, -0.2) is 5.01 Å². The fraction of sp³-hybridized carbons (Fsp3) is 0.875. The average molecular weight is 172 g/mol. The minimum Gasteiger partial charge on any atom is -0.392 e. The van der Waals surface area contributed by atoms with Crippen LogP contribution in [-0.4, -0.2) is 46.8 Å². The van der Waals surface area contributed by atoms with Gasteiger partial charge in [0.1, 0.15) is 0 Å². The fourth-order valence-electron chi connectivity index (χ4n) is 1.38. The molecule has 1 fully saturated rings. The summed E-state index contributed by atoms with van der Waals surface area (Å²) in [5.41, 5.74) is 0. The van der Waals surface area contributed by atoms with Gasteiger partial charge in [-0.2, -0.15) is 0 Å². The third-order valence-corrected chi connectivity index (χ3v) is 2.21. The predicted octanol–water partition coefficient (Wildman–Crippen LogP) is -0.165. The molecule has 4 heteroatoms. The van der Waals surface area contributed by atoms with E-state index in [1.807, 2.05) is 19.0 Å². The molecule has 0 aromatic carbocycles. The van der Waals surface area contributed by atoms with Crippen LogP contribution >= 0.6 is 0 Å². The van der Waals surface area contributed by atoms with Crippen molar-refractivity contribution in [2.45, 2.75) is 32.4 Å². The average Bonchev–Trinajstić information content (AvgIpc) is 2.16. The Hall–Kier alpha value is -0.610. The van der Waals surface area contributed by atoms with Crippen molar-refractivity contribution >= 4 is 5.91 Å². The number of nitrogens with zero attached hydrogens (tertiary/aromatic N) is 2. The van der Waals surface area contributed by atoms with Crippen molar-refractivity contribution in [2.24, 2.45) is 0 Å². The second kappa shape index (κ2) is 3.41. The van der Waals surface area contributed by atoms with Crippen LogP contribution in [0, 0.1) is 0 Å². The number of carbonyl (C=O) groups is 1. The lowest BCUT2D eigenvalue weighted by Gasteiger charge is -2.27. The molecular formula is C8H16N2O2. The van der Waals surface area contributed by atoms with Crippen LogP contribution in [0.3, 0.4) is 0 Å². The molecule has 1 rings (SSSR count). The van der Waals surface area contributed by atoms with Gasteiger partial charge < -0.3 is 5.11 Å². The maximum atomic E-state index is 11.3. The maximum Gasteiger partial charge on any atom is 0.238 e. The summed E-state index contributed by atoms with van der Waals surface area (Å²) in [5, 5.41) is 12.6. The molecule has 0 bridgehead atoms. The van der Waals surface area contributed by atoms with Crippen LogP contribution < -0.4 is 0 Å². The van der Waals surface area contributed by atoms with E-state index in [0.717, 1.165) is 0 Å². The molecule has 1 aliphatic rings. The summed E-state index contributed by atoms with van der Waals surface area (Å²) in [6, 6.07) is 0.260. The van der Waals surface area contributed by atoms with E-state index in [1.54, 1.807) is 11.9 Å². The van der Waals surface area contributed by atoms with Crippen LogP contribution in [-0.2, 0) is 4.79 Å². The molecule has 0 radical (unpaired) electrons. The number of hydrogen-bond donors (Lipinski definition) is 1. The standard InChI is InChI=1S/C8H16N2O2/c1-6-4-8(12)10(9(6)3)5-7(2)11/h6-7,11H,4-5H2,1-3H3. The maximum absolute atomic E-state index is 11.3. The van der Waals surface area contributed by atoms with Crippen molar-refractivity contribution in [3.05, 3.63) is 0 Å². The van der Waals surface area contributed by atoms with E-state index in [1.165, 1.54) is 0 Å². The van der Waals surface area contributed by atoms with Gasteiger partial charge in [0.05, 0.1) is 12.6 Å². The van der Waals surface area contributed by atoms with Crippen LogP contribution in [0.1, 0.15) is 20.3 Å². The van der Waals surface area contributed by atoms with Gasteiger partial charge in [-0.3, -0.25) is 9.80 Å². The van der Waals surface area contributed by atoms with Gasteiger partial charge in [-0.1, -0.05) is 0 Å². The summed E-state index contributed by atoms with van der Waals surface area (Å²) in [6.07, 6.45) is 0.102. The fourth-order valence-corrected chi connectivity index (χ4v) is 1.38. The SMILES string of the molecule is CC(O)CN1C(=O)CC(C)N1C. The van der Waals surface area contributed by atoms with Crippen LogP contribution in [0.25, 0.3) is 0 Å². The Morgan fingerprint density at radius 2 is 2.33 bits per heavy atom. The first-order chi connectivity index (χ1) is 5.52. The summed E-state index contributed by atoms with van der Waals surface area (Å²) in [5.74, 6) is 0.103. The number of rotatable bonds is 2. The highest BCUT2D eigenvalue weighted by molar-refractivity contribution is 5.78. The molecule has 12 heavy (non-hydrogen) atoms. The Labute approximate surface area is 72.7 Å². The summed E-state index contributed by atoms with van der Waals surface area (Å²) in [4.78, 5) is 11.3. The van der Waals surface area contributed by atoms with Gasteiger partial charge >= 0.3 is 0 Å². The van der Waals surface area contributed by atoms with Crippen molar-refractivity contribution in [2.75, 3.05) is 13.6 Å². The topological polar surface area (TPSA) is 43.8 Å². The number of aliphatic hydroxyl groups is 1. The Bertz CT molecular complexity index is 182. The molecule has 2 atom stereocenters. The first-order valence-corrected chi connectivity index (χ1v) is 4.23. The van der Waals surface area contributed by atoms with Gasteiger partial charge in [0, 0.05) is 19.5 Å². The van der Waals surface area contributed by atoms with Gasteiger partial charge in [-0.15, -0.1) is 0 Å². The van der Waals surface area contributed by atoms with E-state index in [2.05, 4.69) is 0 Å². The Morgan fingerprint density at radius 3 is 2.67 bits per heavy atom. The molecule has 1 saturated heterocycles. The second-order valence-corrected chi connectivity index (χ2v) is 3.45. The number of hydrazine groups is 1. The largest absolute Gasteiger partial charge is 0.392 e. The third kappa shape index (κ3) is 1.76. The zero-order valence-corrected chi connectivity index (χ0v) is 7.82. The summed E-state index contributed by atoms with van der Waals surface area (Å²) < 4.78 is 0. The minimum atomic E-state index is -0.457. The molecule has 1 amide bonds. The summed E-state index contributed by atoms with van der Waals surface area (Å²) >= 11 is 0. The third-order valence-electron chi connectivity index (χ3n) is 2.21. The quantitative estimate of drug-likeness (QED) is 0.629. The molecular weight excluding hydrogens is 156 g/mol. The minimum absolute atomic E-state index is 0.103. The number of amides is 1. The van der Waals surface area contributed by atoms with Crippen LogP contribution in [0.4, 0.5) is 0 Å². The molecule has 2 unspecified atom stereocenters. The van der Waals surface area contributed by atoms with Gasteiger partial charge in [-0.05, 0) is 13.8 Å². The number of aliphatic hydroxyl groups excluding tert-OH is 1. The molecule has 0 saturated carbocycles. The van der Waals surface area contributed by atoms with Crippen LogP contribution in [0.2, 0.25) is 0 Å². The lowest BCUT2D eigenvalue weighted by Crippen LogP contribution is -2.42. The first kappa shape index (κ1) is 9.48. The molecule has 0 aromatic rings. The molecule has 4 nitrogen and oxygen atoms in total. The molecule has 1 N–H and O–H groups in total. The molecule has 0 aromatic heterocycles. The van der Waals surface area contributed by atoms with Crippen molar-refractivity contribution in [1.82, 2.24) is 10.0 Å². The Morgan fingerprint density at radius 1 is 1.75 bits per heavy atom. The highest BCUT2D eigenvalue weighted by Gasteiger charge is 2.32. The summed E-state index contributed by atoms with van der Waals surface area (Å²) in [6.45, 7) is 4.09. The van der Waals surface area contributed by atoms with Gasteiger partial charge in [0.25, 0.3) is 0 Å². The van der Waals surface area contributed by atoms with E-state index in [4.69, 9.17) is 5.11 Å². The number of hydrogen-bond acceptors (Lipinski definition) is 3. The van der Waals surface area contributed by atoms with E-state index in [9.17, 15) is 4.79 Å². The summed E-state index contributed by atoms with van der Waals surface area (Å²) in [7, 11) is 1.87. The highest BCUT2D eigenvalue weighted by Crippen LogP contribution is 2.16. The molecule has 1 aliphatic heterocycles. The van der Waals surface area contributed by atoms with Crippen LogP contribution in [0.15, 0.2) is 0 Å². The van der Waals surface area contributed by atoms with Crippen molar-refractivity contribution in [3.63, 3.8) is 0 Å². The number of β-amino-alcohol motifs (C(OH)–C–C–N with tert-alkyl or cyclic N) is 1. The van der Waals surface area contributed by atoms with Crippen LogP contribution in [0.5, 0.6) is 0 Å². The first-order valence-electron chi connectivity index (χ1n) is 4.23. The molecule has 0 spiro atoms. The monoisotopic (exact) mass is 172 g/mol. The highest BCUT2D eigenvalue weighted by atomic mass is 16.3. The lowest BCUT2D eigenvalue weighted by molar-refractivity contribution is -0.139. The van der Waals surface area contributed by atoms with Crippen molar-refractivity contribution in [1.29, 1.82) is 0 Å². The predicted molar refractivity (Wildman–Crippen MR) is 45.2 cm³/mol. The molecule has 70 valence electrons. The zero-order chi connectivity index (χ0) is 9.30. The van der Waals surface area contributed by atoms with E-state index in [-0.39, 0.29) is 11.9 Å². The number of carbonyl (C=O) groups excluding carboxylic acids is 1. The Balaban J connectivity index is 2.57.